The molecule has 2 heterocycles. The Bertz CT molecular complexity index is 741. The molecule has 0 aliphatic rings. The van der Waals surface area contributed by atoms with Crippen LogP contribution in [0.3, 0.4) is 0 Å². The summed E-state index contributed by atoms with van der Waals surface area (Å²) < 4.78 is 25.9. The van der Waals surface area contributed by atoms with Gasteiger partial charge in [0.1, 0.15) is 0 Å². The van der Waals surface area contributed by atoms with Crippen LogP contribution < -0.4 is 0 Å². The number of hydrogen-bond acceptors (Lipinski definition) is 1. The van der Waals surface area contributed by atoms with Crippen LogP contribution in [0.25, 0.3) is 22.0 Å². The number of nitrogens with one attached hydrogen (secondary N) is 1. The summed E-state index contributed by atoms with van der Waals surface area (Å²) in [5.41, 5.74) is 3.67. The number of hydrogen-bond donors (Lipinski definition) is 1. The van der Waals surface area contributed by atoms with E-state index in [9.17, 15) is 8.78 Å². The molecule has 22 heavy (non-hydrogen) atoms. The molecule has 3 aromatic rings. The van der Waals surface area contributed by atoms with Crippen LogP contribution in [-0.2, 0) is 0 Å². The Morgan fingerprint density at radius 1 is 1.18 bits per heavy atom. The van der Waals surface area contributed by atoms with E-state index in [2.05, 4.69) is 30.0 Å². The molecule has 1 N–H and O–H groups in total. The van der Waals surface area contributed by atoms with Crippen molar-refractivity contribution < 1.29 is 8.78 Å². The highest BCUT2D eigenvalue weighted by Crippen LogP contribution is 2.30. The SMILES string of the molecule is CC.CC(C)c1cc2cccc(-c3cnn(C(F)F)c3)c2[nH]1. The Labute approximate surface area is 129 Å². The lowest BCUT2D eigenvalue weighted by atomic mass is 10.1. The molecule has 0 aliphatic heterocycles. The van der Waals surface area contributed by atoms with Gasteiger partial charge >= 0.3 is 6.55 Å². The Kier molecular flexibility index (Phi) is 4.96. The van der Waals surface area contributed by atoms with Gasteiger partial charge in [-0.1, -0.05) is 45.9 Å². The molecule has 2 aromatic heterocycles. The summed E-state index contributed by atoms with van der Waals surface area (Å²) in [5.74, 6) is 0.388. The minimum absolute atomic E-state index is 0.388. The molecule has 3 rings (SSSR count). The van der Waals surface area contributed by atoms with E-state index in [0.29, 0.717) is 16.2 Å². The minimum Gasteiger partial charge on any atom is -0.358 e. The van der Waals surface area contributed by atoms with Gasteiger partial charge in [0.15, 0.2) is 0 Å². The van der Waals surface area contributed by atoms with E-state index in [4.69, 9.17) is 0 Å². The largest absolute Gasteiger partial charge is 0.358 e. The summed E-state index contributed by atoms with van der Waals surface area (Å²) >= 11 is 0. The molecule has 5 heteroatoms. The predicted molar refractivity (Wildman–Crippen MR) is 86.2 cm³/mol. The Hall–Kier alpha value is -2.17. The smallest absolute Gasteiger partial charge is 0.333 e. The maximum Gasteiger partial charge on any atom is 0.333 e. The van der Waals surface area contributed by atoms with E-state index >= 15 is 0 Å². The average molecular weight is 305 g/mol. The molecule has 0 saturated heterocycles. The number of rotatable bonds is 3. The number of halogens is 2. The number of para-hydroxylation sites is 1. The van der Waals surface area contributed by atoms with Crippen LogP contribution in [0.2, 0.25) is 0 Å². The van der Waals surface area contributed by atoms with Crippen LogP contribution in [0, 0.1) is 0 Å². The maximum atomic E-state index is 12.6. The second-order valence-corrected chi connectivity index (χ2v) is 5.14. The standard InChI is InChI=1S/C15H15F2N3.C2H6/c1-9(2)13-6-10-4-3-5-12(14(10)19-13)11-7-18-20(8-11)15(16)17;1-2/h3-9,15,19H,1-2H3;1-2H3. The van der Waals surface area contributed by atoms with Crippen molar-refractivity contribution in [3.05, 3.63) is 42.4 Å². The Balaban J connectivity index is 0.000000847. The molecule has 0 spiro atoms. The van der Waals surface area contributed by atoms with Crippen molar-refractivity contribution in [1.82, 2.24) is 14.8 Å². The molecular weight excluding hydrogens is 284 g/mol. The predicted octanol–water partition coefficient (Wildman–Crippen LogP) is 5.58. The van der Waals surface area contributed by atoms with Crippen LogP contribution >= 0.6 is 0 Å². The summed E-state index contributed by atoms with van der Waals surface area (Å²) in [7, 11) is 0. The topological polar surface area (TPSA) is 33.6 Å². The average Bonchev–Trinajstić information content (AvgIpc) is 3.15. The molecule has 1 aromatic carbocycles. The molecule has 0 atom stereocenters. The first-order valence-electron chi connectivity index (χ1n) is 7.50. The molecule has 0 saturated carbocycles. The summed E-state index contributed by atoms with van der Waals surface area (Å²) in [6.45, 7) is 5.61. The van der Waals surface area contributed by atoms with E-state index < -0.39 is 6.55 Å². The van der Waals surface area contributed by atoms with Gasteiger partial charge in [-0.15, -0.1) is 0 Å². The van der Waals surface area contributed by atoms with Crippen LogP contribution in [0.4, 0.5) is 8.78 Å². The lowest BCUT2D eigenvalue weighted by Gasteiger charge is -2.01. The molecule has 3 nitrogen and oxygen atoms in total. The molecule has 118 valence electrons. The van der Waals surface area contributed by atoms with Gasteiger partial charge in [-0.05, 0) is 12.0 Å². The van der Waals surface area contributed by atoms with Gasteiger partial charge in [0.05, 0.1) is 11.7 Å². The van der Waals surface area contributed by atoms with Crippen molar-refractivity contribution in [2.45, 2.75) is 40.2 Å². The third-order valence-electron chi connectivity index (χ3n) is 3.41. The zero-order chi connectivity index (χ0) is 16.3. The number of alkyl halides is 2. The number of nitrogens with zero attached hydrogens (tertiary/aromatic N) is 2. The van der Waals surface area contributed by atoms with E-state index in [1.165, 1.54) is 12.4 Å². The normalized spacial score (nSPS) is 11.1. The molecule has 0 aliphatic carbocycles. The molecule has 0 radical (unpaired) electrons. The third-order valence-corrected chi connectivity index (χ3v) is 3.41. The molecular formula is C17H21F2N3. The number of aromatic nitrogens is 3. The first-order valence-corrected chi connectivity index (χ1v) is 7.50. The van der Waals surface area contributed by atoms with Crippen LogP contribution in [-0.4, -0.2) is 14.8 Å². The fourth-order valence-electron chi connectivity index (χ4n) is 2.31. The quantitative estimate of drug-likeness (QED) is 0.673. The zero-order valence-corrected chi connectivity index (χ0v) is 13.3. The summed E-state index contributed by atoms with van der Waals surface area (Å²) in [4.78, 5) is 3.38. The van der Waals surface area contributed by atoms with Gasteiger partial charge < -0.3 is 4.98 Å². The lowest BCUT2D eigenvalue weighted by molar-refractivity contribution is 0.0566. The first-order chi connectivity index (χ1) is 10.6. The number of H-pyrrole nitrogens is 1. The highest BCUT2D eigenvalue weighted by atomic mass is 19.3. The molecule has 0 fully saturated rings. The van der Waals surface area contributed by atoms with Crippen LogP contribution in [0.5, 0.6) is 0 Å². The van der Waals surface area contributed by atoms with Gasteiger partial charge in [0, 0.05) is 28.4 Å². The number of benzene rings is 1. The van der Waals surface area contributed by atoms with Crippen molar-refractivity contribution in [3.63, 3.8) is 0 Å². The monoisotopic (exact) mass is 305 g/mol. The zero-order valence-electron chi connectivity index (χ0n) is 13.3. The van der Waals surface area contributed by atoms with Crippen molar-refractivity contribution in [3.8, 4) is 11.1 Å². The van der Waals surface area contributed by atoms with Crippen LogP contribution in [0.1, 0.15) is 45.9 Å². The van der Waals surface area contributed by atoms with Gasteiger partial charge in [-0.3, -0.25) is 0 Å². The Morgan fingerprint density at radius 3 is 2.50 bits per heavy atom. The van der Waals surface area contributed by atoms with E-state index in [1.54, 1.807) is 0 Å². The molecule has 0 unspecified atom stereocenters. The van der Waals surface area contributed by atoms with Crippen molar-refractivity contribution in [2.75, 3.05) is 0 Å². The highest BCUT2D eigenvalue weighted by molar-refractivity contribution is 5.94. The highest BCUT2D eigenvalue weighted by Gasteiger charge is 2.13. The van der Waals surface area contributed by atoms with E-state index in [1.807, 2.05) is 32.0 Å². The van der Waals surface area contributed by atoms with Crippen molar-refractivity contribution >= 4 is 10.9 Å². The fourth-order valence-corrected chi connectivity index (χ4v) is 2.31. The third kappa shape index (κ3) is 3.03. The number of aromatic amines is 1. The van der Waals surface area contributed by atoms with Gasteiger partial charge in [-0.2, -0.15) is 13.9 Å². The first kappa shape index (κ1) is 16.2. The van der Waals surface area contributed by atoms with Crippen molar-refractivity contribution in [1.29, 1.82) is 0 Å². The summed E-state index contributed by atoms with van der Waals surface area (Å²) in [6.07, 6.45) is 2.84. The second kappa shape index (κ2) is 6.73. The minimum atomic E-state index is -2.61. The van der Waals surface area contributed by atoms with E-state index in [-0.39, 0.29) is 0 Å². The van der Waals surface area contributed by atoms with E-state index in [0.717, 1.165) is 22.2 Å². The summed E-state index contributed by atoms with van der Waals surface area (Å²) in [6, 6.07) is 7.95. The van der Waals surface area contributed by atoms with Gasteiger partial charge in [0.25, 0.3) is 0 Å². The molecule has 0 amide bonds. The lowest BCUT2D eigenvalue weighted by Crippen LogP contribution is -1.96. The fraction of sp³-hybridized carbons (Fsp3) is 0.353. The maximum absolute atomic E-state index is 12.6. The second-order valence-electron chi connectivity index (χ2n) is 5.14. The summed E-state index contributed by atoms with van der Waals surface area (Å²) in [5, 5.41) is 4.77. The Morgan fingerprint density at radius 2 is 1.91 bits per heavy atom. The van der Waals surface area contributed by atoms with Crippen LogP contribution in [0.15, 0.2) is 36.7 Å². The number of fused-ring (bicyclic) bond motifs is 1. The van der Waals surface area contributed by atoms with Gasteiger partial charge in [0.2, 0.25) is 0 Å². The molecule has 0 bridgehead atoms. The van der Waals surface area contributed by atoms with Crippen molar-refractivity contribution in [2.24, 2.45) is 0 Å². The van der Waals surface area contributed by atoms with Gasteiger partial charge in [-0.25, -0.2) is 4.68 Å².